The summed E-state index contributed by atoms with van der Waals surface area (Å²) in [6.45, 7) is 4.72. The van der Waals surface area contributed by atoms with Crippen molar-refractivity contribution in [1.29, 1.82) is 0 Å². The first-order chi connectivity index (χ1) is 5.77. The fourth-order valence-electron chi connectivity index (χ4n) is 3.38. The molecule has 0 nitrogen and oxygen atoms in total. The van der Waals surface area contributed by atoms with Crippen molar-refractivity contribution in [2.75, 3.05) is 0 Å². The van der Waals surface area contributed by atoms with Gasteiger partial charge in [-0.1, -0.05) is 31.4 Å². The molecule has 0 heteroatoms. The predicted octanol–water partition coefficient (Wildman–Crippen LogP) is 3.92. The zero-order valence-corrected chi connectivity index (χ0v) is 8.40. The topological polar surface area (TPSA) is 0 Å². The fraction of sp³-hybridized carbons (Fsp3) is 0.833. The molecule has 2 saturated carbocycles. The van der Waals surface area contributed by atoms with Crippen LogP contribution in [-0.4, -0.2) is 0 Å². The Morgan fingerprint density at radius 1 is 1.33 bits per heavy atom. The highest BCUT2D eigenvalue weighted by Crippen LogP contribution is 2.54. The summed E-state index contributed by atoms with van der Waals surface area (Å²) in [6.07, 6.45) is 11.1. The molecule has 0 aromatic carbocycles. The fourth-order valence-corrected chi connectivity index (χ4v) is 3.38. The molecule has 0 bridgehead atoms. The van der Waals surface area contributed by atoms with Gasteiger partial charge in [0, 0.05) is 0 Å². The molecule has 0 radical (unpaired) electrons. The lowest BCUT2D eigenvalue weighted by Gasteiger charge is -2.37. The van der Waals surface area contributed by atoms with Gasteiger partial charge in [0.05, 0.1) is 0 Å². The summed E-state index contributed by atoms with van der Waals surface area (Å²) in [5, 5.41) is 0. The van der Waals surface area contributed by atoms with Crippen LogP contribution in [0.15, 0.2) is 11.6 Å². The van der Waals surface area contributed by atoms with E-state index in [-0.39, 0.29) is 0 Å². The first-order valence-corrected chi connectivity index (χ1v) is 5.43. The first kappa shape index (κ1) is 8.34. The summed E-state index contributed by atoms with van der Waals surface area (Å²) in [5.74, 6) is 1.03. The first-order valence-electron chi connectivity index (χ1n) is 5.43. The summed E-state index contributed by atoms with van der Waals surface area (Å²) < 4.78 is 0. The Morgan fingerprint density at radius 2 is 2.17 bits per heavy atom. The monoisotopic (exact) mass is 164 g/mol. The average Bonchev–Trinajstić information content (AvgIpc) is 2.41. The third-order valence-electron chi connectivity index (χ3n) is 4.24. The van der Waals surface area contributed by atoms with E-state index in [0.717, 1.165) is 5.92 Å². The molecule has 2 fully saturated rings. The zero-order chi connectivity index (χ0) is 8.60. The molecule has 12 heavy (non-hydrogen) atoms. The molecule has 0 N–H and O–H groups in total. The largest absolute Gasteiger partial charge is 0.0879 e. The molecule has 0 unspecified atom stereocenters. The van der Waals surface area contributed by atoms with E-state index < -0.39 is 0 Å². The maximum atomic E-state index is 2.50. The van der Waals surface area contributed by atoms with Crippen molar-refractivity contribution in [3.05, 3.63) is 11.6 Å². The number of rotatable bonds is 0. The molecule has 2 aliphatic carbocycles. The van der Waals surface area contributed by atoms with Crippen molar-refractivity contribution in [3.63, 3.8) is 0 Å². The molecule has 68 valence electrons. The molecule has 0 heterocycles. The van der Waals surface area contributed by atoms with E-state index in [0.29, 0.717) is 5.41 Å². The Bertz CT molecular complexity index is 202. The van der Waals surface area contributed by atoms with E-state index in [1.807, 2.05) is 0 Å². The van der Waals surface area contributed by atoms with Gasteiger partial charge in [0.25, 0.3) is 0 Å². The maximum absolute atomic E-state index is 2.50. The molecule has 0 aromatic rings. The highest BCUT2D eigenvalue weighted by atomic mass is 14.5. The van der Waals surface area contributed by atoms with Gasteiger partial charge >= 0.3 is 0 Å². The summed E-state index contributed by atoms with van der Waals surface area (Å²) in [7, 11) is 0. The Morgan fingerprint density at radius 3 is 2.92 bits per heavy atom. The predicted molar refractivity (Wildman–Crippen MR) is 53.1 cm³/mol. The molecular formula is C12H20. The van der Waals surface area contributed by atoms with Gasteiger partial charge in [0.2, 0.25) is 0 Å². The quantitative estimate of drug-likeness (QED) is 0.476. The van der Waals surface area contributed by atoms with Crippen LogP contribution < -0.4 is 0 Å². The van der Waals surface area contributed by atoms with Crippen molar-refractivity contribution < 1.29 is 0 Å². The van der Waals surface area contributed by atoms with Gasteiger partial charge in [-0.05, 0) is 43.9 Å². The van der Waals surface area contributed by atoms with Crippen LogP contribution in [0.25, 0.3) is 0 Å². The summed E-state index contributed by atoms with van der Waals surface area (Å²) in [6, 6.07) is 0. The van der Waals surface area contributed by atoms with Crippen molar-refractivity contribution in [2.24, 2.45) is 11.3 Å². The smallest absolute Gasteiger partial charge is 0.00881 e. The second kappa shape index (κ2) is 2.90. The van der Waals surface area contributed by atoms with Gasteiger partial charge in [0.15, 0.2) is 0 Å². The van der Waals surface area contributed by atoms with Crippen molar-refractivity contribution in [3.8, 4) is 0 Å². The number of hydrogen-bond donors (Lipinski definition) is 0. The summed E-state index contributed by atoms with van der Waals surface area (Å²) in [4.78, 5) is 0. The number of allylic oxidation sites excluding steroid dienone is 2. The molecule has 2 rings (SSSR count). The SMILES string of the molecule is C/C=C1/CC[C@H]2CCCC[C@@]12C. The van der Waals surface area contributed by atoms with E-state index in [9.17, 15) is 0 Å². The van der Waals surface area contributed by atoms with Crippen LogP contribution in [0.5, 0.6) is 0 Å². The summed E-state index contributed by atoms with van der Waals surface area (Å²) in [5.41, 5.74) is 2.37. The van der Waals surface area contributed by atoms with Gasteiger partial charge in [-0.2, -0.15) is 0 Å². The third-order valence-corrected chi connectivity index (χ3v) is 4.24. The van der Waals surface area contributed by atoms with Crippen LogP contribution in [0, 0.1) is 11.3 Å². The Balaban J connectivity index is 2.25. The van der Waals surface area contributed by atoms with E-state index >= 15 is 0 Å². The minimum Gasteiger partial charge on any atom is -0.0879 e. The summed E-state index contributed by atoms with van der Waals surface area (Å²) >= 11 is 0. The average molecular weight is 164 g/mol. The minimum absolute atomic E-state index is 0.618. The standard InChI is InChI=1S/C12H20/c1-3-10-7-8-11-6-4-5-9-12(10,11)2/h3,11H,4-9H2,1-2H3/b10-3-/t11-,12+/m1/s1. The molecule has 0 saturated heterocycles. The number of fused-ring (bicyclic) bond motifs is 1. The van der Waals surface area contributed by atoms with Crippen LogP contribution >= 0.6 is 0 Å². The van der Waals surface area contributed by atoms with Crippen LogP contribution in [0.1, 0.15) is 52.4 Å². The minimum atomic E-state index is 0.618. The van der Waals surface area contributed by atoms with Gasteiger partial charge in [-0.15, -0.1) is 0 Å². The molecular weight excluding hydrogens is 144 g/mol. The Kier molecular flexibility index (Phi) is 2.02. The molecule has 0 amide bonds. The molecule has 0 spiro atoms. The lowest BCUT2D eigenvalue weighted by atomic mass is 9.68. The van der Waals surface area contributed by atoms with Gasteiger partial charge in [-0.25, -0.2) is 0 Å². The molecule has 0 aliphatic heterocycles. The van der Waals surface area contributed by atoms with Crippen LogP contribution in [0.3, 0.4) is 0 Å². The Labute approximate surface area is 76.1 Å². The lowest BCUT2D eigenvalue weighted by Crippen LogP contribution is -2.26. The zero-order valence-electron chi connectivity index (χ0n) is 8.40. The van der Waals surface area contributed by atoms with Crippen LogP contribution in [-0.2, 0) is 0 Å². The third kappa shape index (κ3) is 1.04. The van der Waals surface area contributed by atoms with Crippen LogP contribution in [0.2, 0.25) is 0 Å². The number of hydrogen-bond acceptors (Lipinski definition) is 0. The van der Waals surface area contributed by atoms with E-state index in [1.54, 1.807) is 5.57 Å². The maximum Gasteiger partial charge on any atom is -0.00881 e. The van der Waals surface area contributed by atoms with Crippen molar-refractivity contribution in [2.45, 2.75) is 52.4 Å². The second-order valence-corrected chi connectivity index (χ2v) is 4.71. The lowest BCUT2D eigenvalue weighted by molar-refractivity contribution is 0.188. The molecule has 0 aromatic heterocycles. The second-order valence-electron chi connectivity index (χ2n) is 4.71. The van der Waals surface area contributed by atoms with Gasteiger partial charge in [-0.3, -0.25) is 0 Å². The highest BCUT2D eigenvalue weighted by molar-refractivity contribution is 5.20. The van der Waals surface area contributed by atoms with E-state index in [1.165, 1.54) is 38.5 Å². The highest BCUT2D eigenvalue weighted by Gasteiger charge is 2.42. The molecule has 2 aliphatic rings. The van der Waals surface area contributed by atoms with Crippen molar-refractivity contribution >= 4 is 0 Å². The van der Waals surface area contributed by atoms with E-state index in [2.05, 4.69) is 19.9 Å². The van der Waals surface area contributed by atoms with Gasteiger partial charge < -0.3 is 0 Å². The van der Waals surface area contributed by atoms with Crippen LogP contribution in [0.4, 0.5) is 0 Å². The normalized spacial score (nSPS) is 44.8. The van der Waals surface area contributed by atoms with Crippen molar-refractivity contribution in [1.82, 2.24) is 0 Å². The molecule has 2 atom stereocenters. The van der Waals surface area contributed by atoms with Gasteiger partial charge in [0.1, 0.15) is 0 Å². The Hall–Kier alpha value is -0.260. The van der Waals surface area contributed by atoms with E-state index in [4.69, 9.17) is 0 Å².